The second-order valence-corrected chi connectivity index (χ2v) is 3.75. The third kappa shape index (κ3) is 2.63. The van der Waals surface area contributed by atoms with E-state index in [4.69, 9.17) is 0 Å². The van der Waals surface area contributed by atoms with E-state index in [0.717, 1.165) is 0 Å². The van der Waals surface area contributed by atoms with Gasteiger partial charge in [0, 0.05) is 0 Å². The predicted molar refractivity (Wildman–Crippen MR) is 62.3 cm³/mol. The molecule has 0 aliphatic carbocycles. The van der Waals surface area contributed by atoms with Crippen molar-refractivity contribution in [1.29, 1.82) is 0 Å². The maximum absolute atomic E-state index is 13.1. The van der Waals surface area contributed by atoms with Gasteiger partial charge in [0.15, 0.2) is 5.69 Å². The molecule has 0 saturated carbocycles. The molecule has 0 atom stereocenters. The lowest BCUT2D eigenvalue weighted by Crippen LogP contribution is -2.18. The molecule has 0 saturated heterocycles. The number of esters is 1. The fourth-order valence-corrected chi connectivity index (χ4v) is 1.62. The van der Waals surface area contributed by atoms with E-state index in [-0.39, 0.29) is 12.3 Å². The summed E-state index contributed by atoms with van der Waals surface area (Å²) in [7, 11) is 0. The second kappa shape index (κ2) is 5.32. The van der Waals surface area contributed by atoms with E-state index in [0.29, 0.717) is 4.68 Å². The van der Waals surface area contributed by atoms with Gasteiger partial charge in [0.2, 0.25) is 5.69 Å². The quantitative estimate of drug-likeness (QED) is 0.813. The number of hydrogen-bond acceptors (Lipinski definition) is 4. The van der Waals surface area contributed by atoms with E-state index in [1.54, 1.807) is 18.2 Å². The van der Waals surface area contributed by atoms with Crippen molar-refractivity contribution in [3.05, 3.63) is 41.7 Å². The fourth-order valence-electron chi connectivity index (χ4n) is 1.62. The van der Waals surface area contributed by atoms with Gasteiger partial charge in [-0.25, -0.2) is 9.48 Å². The number of aromatic nitrogens is 3. The Labute approximate surface area is 112 Å². The standard InChI is InChI=1S/C12H10F3N3O2/c1-2-20-11(19)9-10(12(13,14)15)18(17-16-9)8-6-4-3-5-7-8/h3-7H,2H2,1H3. The first kappa shape index (κ1) is 14.0. The van der Waals surface area contributed by atoms with Crippen molar-refractivity contribution in [2.24, 2.45) is 0 Å². The van der Waals surface area contributed by atoms with E-state index in [1.165, 1.54) is 19.1 Å². The molecule has 0 amide bonds. The minimum Gasteiger partial charge on any atom is -0.461 e. The maximum Gasteiger partial charge on any atom is 0.436 e. The van der Waals surface area contributed by atoms with Gasteiger partial charge < -0.3 is 4.74 Å². The number of hydrogen-bond donors (Lipinski definition) is 0. The lowest BCUT2D eigenvalue weighted by molar-refractivity contribution is -0.143. The van der Waals surface area contributed by atoms with Crippen molar-refractivity contribution in [3.8, 4) is 5.69 Å². The largest absolute Gasteiger partial charge is 0.461 e. The number of rotatable bonds is 3. The summed E-state index contributed by atoms with van der Waals surface area (Å²) in [6, 6.07) is 7.63. The molecule has 106 valence electrons. The zero-order chi connectivity index (χ0) is 14.8. The minimum absolute atomic E-state index is 0.0473. The average Bonchev–Trinajstić information content (AvgIpc) is 2.84. The molecule has 2 aromatic rings. The lowest BCUT2D eigenvalue weighted by Gasteiger charge is -2.10. The lowest BCUT2D eigenvalue weighted by atomic mass is 10.2. The first-order valence-electron chi connectivity index (χ1n) is 5.70. The van der Waals surface area contributed by atoms with E-state index < -0.39 is 23.5 Å². The van der Waals surface area contributed by atoms with Crippen molar-refractivity contribution in [2.45, 2.75) is 13.1 Å². The predicted octanol–water partition coefficient (Wildman–Crippen LogP) is 2.46. The van der Waals surface area contributed by atoms with Gasteiger partial charge in [-0.1, -0.05) is 23.4 Å². The normalized spacial score (nSPS) is 11.4. The molecule has 0 aliphatic rings. The maximum atomic E-state index is 13.1. The van der Waals surface area contributed by atoms with Crippen LogP contribution in [0.4, 0.5) is 13.2 Å². The highest BCUT2D eigenvalue weighted by Gasteiger charge is 2.42. The van der Waals surface area contributed by atoms with Crippen LogP contribution in [0.5, 0.6) is 0 Å². The number of benzene rings is 1. The molecule has 1 aromatic carbocycles. The molecular weight excluding hydrogens is 275 g/mol. The van der Waals surface area contributed by atoms with Gasteiger partial charge in [0.25, 0.3) is 0 Å². The Kier molecular flexibility index (Phi) is 3.73. The number of carbonyl (C=O) groups is 1. The summed E-state index contributed by atoms with van der Waals surface area (Å²) in [5, 5.41) is 6.70. The number of para-hydroxylation sites is 1. The van der Waals surface area contributed by atoms with Gasteiger partial charge in [-0.15, -0.1) is 5.10 Å². The summed E-state index contributed by atoms with van der Waals surface area (Å²) in [5.74, 6) is -1.15. The highest BCUT2D eigenvalue weighted by atomic mass is 19.4. The van der Waals surface area contributed by atoms with Gasteiger partial charge in [0.1, 0.15) is 0 Å². The SMILES string of the molecule is CCOC(=O)c1nnn(-c2ccccc2)c1C(F)(F)F. The Hall–Kier alpha value is -2.38. The van der Waals surface area contributed by atoms with Gasteiger partial charge in [0.05, 0.1) is 12.3 Å². The van der Waals surface area contributed by atoms with Crippen LogP contribution in [-0.2, 0) is 10.9 Å². The molecular formula is C12H10F3N3O2. The average molecular weight is 285 g/mol. The topological polar surface area (TPSA) is 57.0 Å². The van der Waals surface area contributed by atoms with Crippen molar-refractivity contribution in [1.82, 2.24) is 15.0 Å². The van der Waals surface area contributed by atoms with Crippen LogP contribution >= 0.6 is 0 Å². The van der Waals surface area contributed by atoms with E-state index in [9.17, 15) is 18.0 Å². The molecule has 8 heteroatoms. The molecule has 0 N–H and O–H groups in total. The Morgan fingerprint density at radius 1 is 1.30 bits per heavy atom. The molecule has 1 aromatic heterocycles. The van der Waals surface area contributed by atoms with E-state index in [2.05, 4.69) is 15.0 Å². The first-order valence-corrected chi connectivity index (χ1v) is 5.70. The van der Waals surface area contributed by atoms with Gasteiger partial charge in [-0.05, 0) is 19.1 Å². The molecule has 2 rings (SSSR count). The monoisotopic (exact) mass is 285 g/mol. The van der Waals surface area contributed by atoms with Gasteiger partial charge in [-0.2, -0.15) is 13.2 Å². The van der Waals surface area contributed by atoms with Crippen LogP contribution in [0.1, 0.15) is 23.1 Å². The highest BCUT2D eigenvalue weighted by molar-refractivity contribution is 5.88. The molecule has 0 spiro atoms. The van der Waals surface area contributed by atoms with Crippen molar-refractivity contribution in [3.63, 3.8) is 0 Å². The molecule has 1 heterocycles. The Balaban J connectivity index is 2.57. The molecule has 0 fully saturated rings. The molecule has 0 unspecified atom stereocenters. The van der Waals surface area contributed by atoms with E-state index in [1.807, 2.05) is 0 Å². The fraction of sp³-hybridized carbons (Fsp3) is 0.250. The number of nitrogens with zero attached hydrogens (tertiary/aromatic N) is 3. The summed E-state index contributed by atoms with van der Waals surface area (Å²) in [4.78, 5) is 11.5. The summed E-state index contributed by atoms with van der Waals surface area (Å²) < 4.78 is 44.5. The van der Waals surface area contributed by atoms with E-state index >= 15 is 0 Å². The summed E-state index contributed by atoms with van der Waals surface area (Å²) in [6.45, 7) is 1.45. The molecule has 20 heavy (non-hydrogen) atoms. The smallest absolute Gasteiger partial charge is 0.436 e. The zero-order valence-electron chi connectivity index (χ0n) is 10.4. The Morgan fingerprint density at radius 2 is 1.95 bits per heavy atom. The Morgan fingerprint density at radius 3 is 2.50 bits per heavy atom. The number of halogens is 3. The molecule has 0 aliphatic heterocycles. The van der Waals surface area contributed by atoms with Crippen molar-refractivity contribution in [2.75, 3.05) is 6.61 Å². The molecule has 0 bridgehead atoms. The Bertz CT molecular complexity index is 608. The first-order chi connectivity index (χ1) is 9.45. The van der Waals surface area contributed by atoms with Crippen LogP contribution < -0.4 is 0 Å². The third-order valence-corrected chi connectivity index (χ3v) is 2.41. The molecule has 0 radical (unpaired) electrons. The highest BCUT2D eigenvalue weighted by Crippen LogP contribution is 2.32. The van der Waals surface area contributed by atoms with Crippen molar-refractivity contribution < 1.29 is 22.7 Å². The summed E-state index contributed by atoms with van der Waals surface area (Å²) >= 11 is 0. The summed E-state index contributed by atoms with van der Waals surface area (Å²) in [6.07, 6.45) is -4.78. The van der Waals surface area contributed by atoms with Crippen LogP contribution in [0.15, 0.2) is 30.3 Å². The number of ether oxygens (including phenoxy) is 1. The van der Waals surface area contributed by atoms with Gasteiger partial charge in [-0.3, -0.25) is 0 Å². The molecule has 5 nitrogen and oxygen atoms in total. The summed E-state index contributed by atoms with van der Waals surface area (Å²) in [5.41, 5.74) is -1.94. The third-order valence-electron chi connectivity index (χ3n) is 2.41. The minimum atomic E-state index is -4.78. The van der Waals surface area contributed by atoms with Crippen LogP contribution in [0.3, 0.4) is 0 Å². The number of alkyl halides is 3. The van der Waals surface area contributed by atoms with Crippen LogP contribution in [-0.4, -0.2) is 27.6 Å². The van der Waals surface area contributed by atoms with Crippen LogP contribution in [0, 0.1) is 0 Å². The van der Waals surface area contributed by atoms with Crippen molar-refractivity contribution >= 4 is 5.97 Å². The van der Waals surface area contributed by atoms with Crippen LogP contribution in [0.25, 0.3) is 5.69 Å². The zero-order valence-corrected chi connectivity index (χ0v) is 10.4. The number of carbonyl (C=O) groups excluding carboxylic acids is 1. The second-order valence-electron chi connectivity index (χ2n) is 3.75. The van der Waals surface area contributed by atoms with Crippen LogP contribution in [0.2, 0.25) is 0 Å². The van der Waals surface area contributed by atoms with Gasteiger partial charge >= 0.3 is 12.1 Å².